The maximum absolute atomic E-state index is 11.2. The van der Waals surface area contributed by atoms with Crippen molar-refractivity contribution in [3.8, 4) is 0 Å². The van der Waals surface area contributed by atoms with Crippen LogP contribution in [0.1, 0.15) is 29.6 Å². The molecule has 0 bridgehead atoms. The van der Waals surface area contributed by atoms with Gasteiger partial charge in [0.1, 0.15) is 10.6 Å². The summed E-state index contributed by atoms with van der Waals surface area (Å²) in [5.41, 5.74) is 11.3. The number of hydrogen-bond acceptors (Lipinski definition) is 5. The Bertz CT molecular complexity index is 370. The summed E-state index contributed by atoms with van der Waals surface area (Å²) in [6.45, 7) is 1.92. The second kappa shape index (κ2) is 4.06. The lowest BCUT2D eigenvalue weighted by Gasteiger charge is -2.27. The van der Waals surface area contributed by atoms with Crippen LogP contribution in [0.15, 0.2) is 0 Å². The summed E-state index contributed by atoms with van der Waals surface area (Å²) in [5.74, 6) is -0.227. The van der Waals surface area contributed by atoms with Gasteiger partial charge >= 0.3 is 0 Å². The van der Waals surface area contributed by atoms with E-state index in [1.54, 1.807) is 0 Å². The van der Waals surface area contributed by atoms with Gasteiger partial charge in [0.15, 0.2) is 5.82 Å². The fourth-order valence-electron chi connectivity index (χ4n) is 1.84. The molecule has 0 saturated carbocycles. The molecule has 6 heteroatoms. The topological polar surface area (TPSA) is 85.2 Å². The zero-order chi connectivity index (χ0) is 10.8. The van der Waals surface area contributed by atoms with Crippen LogP contribution in [-0.2, 0) is 0 Å². The Balaban J connectivity index is 2.30. The lowest BCUT2D eigenvalue weighted by molar-refractivity contribution is 0.100. The number of anilines is 2. The average molecular weight is 226 g/mol. The molecule has 0 atom stereocenters. The highest BCUT2D eigenvalue weighted by Gasteiger charge is 2.22. The molecule has 2 rings (SSSR count). The molecule has 1 aromatic heterocycles. The minimum absolute atomic E-state index is 0.257. The van der Waals surface area contributed by atoms with E-state index >= 15 is 0 Å². The predicted octanol–water partition coefficient (Wildman–Crippen LogP) is 0.814. The van der Waals surface area contributed by atoms with E-state index < -0.39 is 5.91 Å². The van der Waals surface area contributed by atoms with E-state index in [2.05, 4.69) is 9.27 Å². The Labute approximate surface area is 92.2 Å². The molecule has 0 aliphatic carbocycles. The molecule has 2 heterocycles. The molecular weight excluding hydrogens is 212 g/mol. The summed E-state index contributed by atoms with van der Waals surface area (Å²) in [6, 6.07) is 0. The van der Waals surface area contributed by atoms with Gasteiger partial charge in [-0.2, -0.15) is 4.37 Å². The van der Waals surface area contributed by atoms with Crippen LogP contribution in [0.25, 0.3) is 0 Å². The SMILES string of the molecule is NC(=O)c1c(N)nsc1N1CCCCC1. The monoisotopic (exact) mass is 226 g/mol. The molecule has 1 amide bonds. The van der Waals surface area contributed by atoms with Crippen LogP contribution in [0.2, 0.25) is 0 Å². The number of carbonyl (C=O) groups excluding carboxylic acids is 1. The maximum Gasteiger partial charge on any atom is 0.255 e. The summed E-state index contributed by atoms with van der Waals surface area (Å²) in [6.07, 6.45) is 3.54. The number of nitrogens with two attached hydrogens (primary N) is 2. The van der Waals surface area contributed by atoms with E-state index in [0.29, 0.717) is 5.56 Å². The van der Waals surface area contributed by atoms with Crippen molar-refractivity contribution in [3.05, 3.63) is 5.56 Å². The van der Waals surface area contributed by atoms with Gasteiger partial charge in [-0.1, -0.05) is 0 Å². The number of piperidine rings is 1. The fourth-order valence-corrected chi connectivity index (χ4v) is 2.71. The summed E-state index contributed by atoms with van der Waals surface area (Å²) in [7, 11) is 0. The minimum Gasteiger partial charge on any atom is -0.382 e. The van der Waals surface area contributed by atoms with Crippen LogP contribution in [0.5, 0.6) is 0 Å². The van der Waals surface area contributed by atoms with Crippen molar-refractivity contribution in [1.29, 1.82) is 0 Å². The first-order chi connectivity index (χ1) is 7.20. The van der Waals surface area contributed by atoms with Crippen molar-refractivity contribution in [1.82, 2.24) is 4.37 Å². The Morgan fingerprint density at radius 3 is 2.60 bits per heavy atom. The molecule has 0 unspecified atom stereocenters. The number of aromatic nitrogens is 1. The van der Waals surface area contributed by atoms with Crippen molar-refractivity contribution in [2.75, 3.05) is 23.7 Å². The van der Waals surface area contributed by atoms with Gasteiger partial charge in [0.05, 0.1) is 0 Å². The van der Waals surface area contributed by atoms with Gasteiger partial charge in [0, 0.05) is 13.1 Å². The zero-order valence-electron chi connectivity index (χ0n) is 8.40. The van der Waals surface area contributed by atoms with E-state index in [1.807, 2.05) is 0 Å². The van der Waals surface area contributed by atoms with Gasteiger partial charge in [0.25, 0.3) is 5.91 Å². The molecule has 0 spiro atoms. The maximum atomic E-state index is 11.2. The lowest BCUT2D eigenvalue weighted by atomic mass is 10.1. The molecule has 1 aliphatic heterocycles. The summed E-state index contributed by atoms with van der Waals surface area (Å²) < 4.78 is 3.99. The second-order valence-corrected chi connectivity index (χ2v) is 4.41. The van der Waals surface area contributed by atoms with E-state index in [4.69, 9.17) is 11.5 Å². The second-order valence-electron chi connectivity index (χ2n) is 3.66. The van der Waals surface area contributed by atoms with E-state index in [1.165, 1.54) is 18.0 Å². The van der Waals surface area contributed by atoms with Gasteiger partial charge in [-0.25, -0.2) is 0 Å². The predicted molar refractivity (Wildman–Crippen MR) is 61.1 cm³/mol. The average Bonchev–Trinajstić information content (AvgIpc) is 2.61. The molecule has 4 N–H and O–H groups in total. The van der Waals surface area contributed by atoms with Crippen molar-refractivity contribution in [2.24, 2.45) is 5.73 Å². The first kappa shape index (κ1) is 10.2. The quantitative estimate of drug-likeness (QED) is 0.781. The standard InChI is InChI=1S/C9H14N4OS/c10-7-6(8(11)14)9(15-12-7)13-4-2-1-3-5-13/h1-5H2,(H2,10,12)(H2,11,14). The third-order valence-corrected chi connectivity index (χ3v) is 3.51. The number of nitrogen functional groups attached to an aromatic ring is 1. The van der Waals surface area contributed by atoms with Crippen LogP contribution in [-0.4, -0.2) is 23.4 Å². The Morgan fingerprint density at radius 2 is 2.00 bits per heavy atom. The number of carbonyl (C=O) groups is 1. The number of rotatable bonds is 2. The van der Waals surface area contributed by atoms with Gasteiger partial charge < -0.3 is 16.4 Å². The summed E-state index contributed by atoms with van der Waals surface area (Å²) in [4.78, 5) is 13.4. The van der Waals surface area contributed by atoms with Gasteiger partial charge in [-0.15, -0.1) is 0 Å². The van der Waals surface area contributed by atoms with Crippen LogP contribution in [0.3, 0.4) is 0 Å². The normalized spacial score (nSPS) is 16.7. The Hall–Kier alpha value is -1.30. The summed E-state index contributed by atoms with van der Waals surface area (Å²) in [5, 5.41) is 0.833. The largest absolute Gasteiger partial charge is 0.382 e. The molecule has 0 aromatic carbocycles. The van der Waals surface area contributed by atoms with Gasteiger partial charge in [-0.05, 0) is 30.8 Å². The van der Waals surface area contributed by atoms with Crippen LogP contribution >= 0.6 is 11.5 Å². The third kappa shape index (κ3) is 1.90. The highest BCUT2D eigenvalue weighted by molar-refractivity contribution is 7.11. The molecule has 1 aromatic rings. The van der Waals surface area contributed by atoms with E-state index in [0.717, 1.165) is 30.9 Å². The Morgan fingerprint density at radius 1 is 1.33 bits per heavy atom. The minimum atomic E-state index is -0.484. The van der Waals surface area contributed by atoms with Crippen molar-refractivity contribution in [3.63, 3.8) is 0 Å². The first-order valence-corrected chi connectivity index (χ1v) is 5.77. The third-order valence-electron chi connectivity index (χ3n) is 2.59. The molecular formula is C9H14N4OS. The van der Waals surface area contributed by atoms with E-state index in [-0.39, 0.29) is 5.82 Å². The molecule has 1 fully saturated rings. The highest BCUT2D eigenvalue weighted by atomic mass is 32.1. The zero-order valence-corrected chi connectivity index (χ0v) is 9.22. The van der Waals surface area contributed by atoms with Gasteiger partial charge in [0.2, 0.25) is 0 Å². The first-order valence-electron chi connectivity index (χ1n) is 5.00. The summed E-state index contributed by atoms with van der Waals surface area (Å²) >= 11 is 1.26. The number of nitrogens with zero attached hydrogens (tertiary/aromatic N) is 2. The molecule has 15 heavy (non-hydrogen) atoms. The van der Waals surface area contributed by atoms with Gasteiger partial charge in [-0.3, -0.25) is 4.79 Å². The van der Waals surface area contributed by atoms with Crippen molar-refractivity contribution in [2.45, 2.75) is 19.3 Å². The molecule has 1 aliphatic rings. The molecule has 0 radical (unpaired) electrons. The molecule has 1 saturated heterocycles. The van der Waals surface area contributed by atoms with Crippen molar-refractivity contribution >= 4 is 28.3 Å². The smallest absolute Gasteiger partial charge is 0.255 e. The lowest BCUT2D eigenvalue weighted by Crippen LogP contribution is -2.30. The number of hydrogen-bond donors (Lipinski definition) is 2. The number of primary amides is 1. The highest BCUT2D eigenvalue weighted by Crippen LogP contribution is 2.31. The van der Waals surface area contributed by atoms with Crippen molar-refractivity contribution < 1.29 is 4.79 Å². The molecule has 82 valence electrons. The van der Waals surface area contributed by atoms with E-state index in [9.17, 15) is 4.79 Å². The molecule has 5 nitrogen and oxygen atoms in total. The number of amides is 1. The Kier molecular flexibility index (Phi) is 2.77. The van der Waals surface area contributed by atoms with Crippen LogP contribution in [0, 0.1) is 0 Å². The fraction of sp³-hybridized carbons (Fsp3) is 0.556. The van der Waals surface area contributed by atoms with Crippen LogP contribution in [0.4, 0.5) is 10.8 Å². The van der Waals surface area contributed by atoms with Crippen LogP contribution < -0.4 is 16.4 Å².